The van der Waals surface area contributed by atoms with Crippen LogP contribution in [0.25, 0.3) is 0 Å². The van der Waals surface area contributed by atoms with Crippen molar-refractivity contribution in [2.75, 3.05) is 49.7 Å². The number of benzene rings is 1. The molecule has 0 bridgehead atoms. The highest BCUT2D eigenvalue weighted by atomic mass is 32.2. The van der Waals surface area contributed by atoms with Gasteiger partial charge in [-0.2, -0.15) is 0 Å². The van der Waals surface area contributed by atoms with Crippen LogP contribution in [0.15, 0.2) is 35.2 Å². The van der Waals surface area contributed by atoms with E-state index in [2.05, 4.69) is 62.7 Å². The fourth-order valence-electron chi connectivity index (χ4n) is 2.66. The number of hydrogen-bond donors (Lipinski definition) is 1. The Kier molecular flexibility index (Phi) is 5.03. The monoisotopic (exact) mass is 329 g/mol. The van der Waals surface area contributed by atoms with Crippen LogP contribution in [-0.4, -0.2) is 54.4 Å². The first-order chi connectivity index (χ1) is 11.1. The summed E-state index contributed by atoms with van der Waals surface area (Å²) in [6, 6.07) is 10.4. The lowest BCUT2D eigenvalue weighted by Crippen LogP contribution is -2.44. The van der Waals surface area contributed by atoms with Gasteiger partial charge in [0.15, 0.2) is 0 Å². The van der Waals surface area contributed by atoms with Gasteiger partial charge in [-0.05, 0) is 38.4 Å². The van der Waals surface area contributed by atoms with Crippen LogP contribution in [0.5, 0.6) is 0 Å². The molecule has 122 valence electrons. The van der Waals surface area contributed by atoms with Crippen molar-refractivity contribution < 1.29 is 0 Å². The van der Waals surface area contributed by atoms with Gasteiger partial charge in [0.25, 0.3) is 0 Å². The number of nitrogens with zero attached hydrogens (tertiary/aromatic N) is 4. The molecule has 0 aliphatic carbocycles. The predicted molar refractivity (Wildman–Crippen MR) is 98.0 cm³/mol. The minimum absolute atomic E-state index is 0.796. The van der Waals surface area contributed by atoms with E-state index in [1.807, 2.05) is 13.0 Å². The molecule has 3 rings (SSSR count). The van der Waals surface area contributed by atoms with Crippen LogP contribution in [0.1, 0.15) is 5.82 Å². The van der Waals surface area contributed by atoms with Gasteiger partial charge >= 0.3 is 0 Å². The molecule has 1 aliphatic rings. The topological polar surface area (TPSA) is 44.3 Å². The van der Waals surface area contributed by atoms with Crippen molar-refractivity contribution in [1.29, 1.82) is 0 Å². The molecule has 1 aromatic carbocycles. The maximum Gasteiger partial charge on any atom is 0.136 e. The molecular weight excluding hydrogens is 306 g/mol. The summed E-state index contributed by atoms with van der Waals surface area (Å²) in [6.45, 7) is 6.11. The van der Waals surface area contributed by atoms with Gasteiger partial charge in [0.1, 0.15) is 17.5 Å². The number of rotatable bonds is 4. The minimum atomic E-state index is 0.796. The Morgan fingerprint density at radius 1 is 1.09 bits per heavy atom. The summed E-state index contributed by atoms with van der Waals surface area (Å²) in [5.74, 6) is 2.66. The van der Waals surface area contributed by atoms with E-state index in [4.69, 9.17) is 0 Å². The Bertz CT molecular complexity index is 668. The number of aryl methyl sites for hydroxylation is 1. The highest BCUT2D eigenvalue weighted by molar-refractivity contribution is 7.98. The number of aromatic nitrogens is 2. The fourth-order valence-corrected chi connectivity index (χ4v) is 3.12. The molecule has 5 nitrogen and oxygen atoms in total. The molecule has 1 aliphatic heterocycles. The van der Waals surface area contributed by atoms with Crippen LogP contribution < -0.4 is 10.2 Å². The average Bonchev–Trinajstić information content (AvgIpc) is 2.55. The van der Waals surface area contributed by atoms with Crippen molar-refractivity contribution in [1.82, 2.24) is 14.9 Å². The second-order valence-corrected chi connectivity index (χ2v) is 6.69. The van der Waals surface area contributed by atoms with Gasteiger partial charge < -0.3 is 15.1 Å². The average molecular weight is 329 g/mol. The summed E-state index contributed by atoms with van der Waals surface area (Å²) in [7, 11) is 2.16. The lowest BCUT2D eigenvalue weighted by Gasteiger charge is -2.33. The molecule has 0 radical (unpaired) electrons. The molecule has 6 heteroatoms. The summed E-state index contributed by atoms with van der Waals surface area (Å²) < 4.78 is 0. The Morgan fingerprint density at radius 2 is 1.87 bits per heavy atom. The van der Waals surface area contributed by atoms with E-state index < -0.39 is 0 Å². The Balaban J connectivity index is 1.79. The first-order valence-corrected chi connectivity index (χ1v) is 9.07. The SMILES string of the molecule is CSc1cccc(Nc2cc(N3CCN(C)CC3)nc(C)n2)c1. The second kappa shape index (κ2) is 7.19. The maximum atomic E-state index is 4.61. The van der Waals surface area contributed by atoms with Crippen LogP contribution in [0.2, 0.25) is 0 Å². The molecule has 0 spiro atoms. The number of nitrogens with one attached hydrogen (secondary N) is 1. The van der Waals surface area contributed by atoms with Crippen LogP contribution in [0, 0.1) is 6.92 Å². The van der Waals surface area contributed by atoms with E-state index in [9.17, 15) is 0 Å². The van der Waals surface area contributed by atoms with E-state index in [1.54, 1.807) is 11.8 Å². The van der Waals surface area contributed by atoms with Crippen molar-refractivity contribution in [3.8, 4) is 0 Å². The summed E-state index contributed by atoms with van der Waals surface area (Å²) in [5.41, 5.74) is 1.05. The van der Waals surface area contributed by atoms with Crippen LogP contribution in [0.4, 0.5) is 17.3 Å². The smallest absolute Gasteiger partial charge is 0.136 e. The second-order valence-electron chi connectivity index (χ2n) is 5.81. The van der Waals surface area contributed by atoms with Gasteiger partial charge in [0.05, 0.1) is 0 Å². The predicted octanol–water partition coefficient (Wildman–Crippen LogP) is 3.00. The van der Waals surface area contributed by atoms with Crippen molar-refractivity contribution in [3.63, 3.8) is 0 Å². The quantitative estimate of drug-likeness (QED) is 0.870. The Hall–Kier alpha value is -1.79. The summed E-state index contributed by atoms with van der Waals surface area (Å²) >= 11 is 1.74. The zero-order chi connectivity index (χ0) is 16.2. The van der Waals surface area contributed by atoms with Crippen LogP contribution >= 0.6 is 11.8 Å². The zero-order valence-electron chi connectivity index (χ0n) is 13.9. The number of piperazine rings is 1. The number of thioether (sulfide) groups is 1. The number of anilines is 3. The van der Waals surface area contributed by atoms with E-state index in [-0.39, 0.29) is 0 Å². The van der Waals surface area contributed by atoms with Crippen molar-refractivity contribution in [2.24, 2.45) is 0 Å². The molecule has 1 N–H and O–H groups in total. The van der Waals surface area contributed by atoms with Crippen molar-refractivity contribution in [2.45, 2.75) is 11.8 Å². The molecule has 2 heterocycles. The van der Waals surface area contributed by atoms with E-state index in [0.717, 1.165) is 49.3 Å². The van der Waals surface area contributed by atoms with Crippen molar-refractivity contribution >= 4 is 29.1 Å². The van der Waals surface area contributed by atoms with Crippen molar-refractivity contribution in [3.05, 3.63) is 36.2 Å². The summed E-state index contributed by atoms with van der Waals surface area (Å²) in [4.78, 5) is 15.1. The van der Waals surface area contributed by atoms with E-state index in [0.29, 0.717) is 0 Å². The minimum Gasteiger partial charge on any atom is -0.354 e. The van der Waals surface area contributed by atoms with Gasteiger partial charge in [-0.1, -0.05) is 6.07 Å². The molecule has 1 saturated heterocycles. The largest absolute Gasteiger partial charge is 0.354 e. The highest BCUT2D eigenvalue weighted by Crippen LogP contribution is 2.24. The number of likely N-dealkylation sites (N-methyl/N-ethyl adjacent to an activating group) is 1. The maximum absolute atomic E-state index is 4.61. The highest BCUT2D eigenvalue weighted by Gasteiger charge is 2.16. The first-order valence-electron chi connectivity index (χ1n) is 7.84. The molecule has 0 saturated carbocycles. The van der Waals surface area contributed by atoms with E-state index in [1.165, 1.54) is 4.90 Å². The molecule has 1 fully saturated rings. The van der Waals surface area contributed by atoms with E-state index >= 15 is 0 Å². The molecule has 2 aromatic rings. The normalized spacial score (nSPS) is 15.7. The molecule has 0 amide bonds. The summed E-state index contributed by atoms with van der Waals surface area (Å²) in [5, 5.41) is 3.41. The molecule has 1 aromatic heterocycles. The lowest BCUT2D eigenvalue weighted by molar-refractivity contribution is 0.312. The Labute approximate surface area is 142 Å². The molecule has 0 atom stereocenters. The van der Waals surface area contributed by atoms with Gasteiger partial charge in [0.2, 0.25) is 0 Å². The van der Waals surface area contributed by atoms with Gasteiger partial charge in [-0.3, -0.25) is 0 Å². The standard InChI is InChI=1S/C17H23N5S/c1-13-18-16(20-14-5-4-6-15(11-14)23-3)12-17(19-13)22-9-7-21(2)8-10-22/h4-6,11-12H,7-10H2,1-3H3,(H,18,19,20). The fraction of sp³-hybridized carbons (Fsp3) is 0.412. The van der Waals surface area contributed by atoms with Crippen LogP contribution in [0.3, 0.4) is 0 Å². The number of hydrogen-bond acceptors (Lipinski definition) is 6. The third kappa shape index (κ3) is 4.14. The lowest BCUT2D eigenvalue weighted by atomic mass is 10.3. The third-order valence-electron chi connectivity index (χ3n) is 3.99. The summed E-state index contributed by atoms with van der Waals surface area (Å²) in [6.07, 6.45) is 2.08. The molecular formula is C17H23N5S. The Morgan fingerprint density at radius 3 is 2.61 bits per heavy atom. The first kappa shape index (κ1) is 16.1. The van der Waals surface area contributed by atoms with Crippen LogP contribution in [-0.2, 0) is 0 Å². The third-order valence-corrected chi connectivity index (χ3v) is 4.72. The van der Waals surface area contributed by atoms with Gasteiger partial charge in [-0.25, -0.2) is 9.97 Å². The van der Waals surface area contributed by atoms with Gasteiger partial charge in [0, 0.05) is 42.8 Å². The molecule has 23 heavy (non-hydrogen) atoms. The zero-order valence-corrected chi connectivity index (χ0v) is 14.7. The van der Waals surface area contributed by atoms with Gasteiger partial charge in [-0.15, -0.1) is 11.8 Å². The molecule has 0 unspecified atom stereocenters.